The Balaban J connectivity index is 1.94. The highest BCUT2D eigenvalue weighted by Gasteiger charge is 1.98. The van der Waals surface area contributed by atoms with Crippen molar-refractivity contribution in [3.8, 4) is 0 Å². The molecule has 0 bridgehead atoms. The van der Waals surface area contributed by atoms with Crippen molar-refractivity contribution in [1.82, 2.24) is 20.2 Å². The van der Waals surface area contributed by atoms with Crippen molar-refractivity contribution in [2.45, 2.75) is 13.0 Å². The van der Waals surface area contributed by atoms with Crippen molar-refractivity contribution in [3.63, 3.8) is 0 Å². The number of nitrogens with one attached hydrogen (secondary N) is 2. The number of ether oxygens (including phenoxy) is 1. The third kappa shape index (κ3) is 5.85. The number of imidazole rings is 1. The molecule has 0 radical (unpaired) electrons. The van der Waals surface area contributed by atoms with Gasteiger partial charge in [0.25, 0.3) is 0 Å². The topological polar surface area (TPSA) is 53.2 Å². The van der Waals surface area contributed by atoms with Crippen molar-refractivity contribution in [2.75, 3.05) is 40.4 Å². The first-order valence-electron chi connectivity index (χ1n) is 5.68. The summed E-state index contributed by atoms with van der Waals surface area (Å²) in [5, 5.41) is 3.36. The van der Waals surface area contributed by atoms with Crippen LogP contribution in [0, 0.1) is 0 Å². The van der Waals surface area contributed by atoms with E-state index in [0.717, 1.165) is 44.9 Å². The first-order valence-corrected chi connectivity index (χ1v) is 5.68. The molecule has 0 spiro atoms. The highest BCUT2D eigenvalue weighted by Crippen LogP contribution is 1.90. The van der Waals surface area contributed by atoms with E-state index in [1.807, 2.05) is 6.20 Å². The Morgan fingerprint density at radius 1 is 1.50 bits per heavy atom. The monoisotopic (exact) mass is 226 g/mol. The lowest BCUT2D eigenvalue weighted by atomic mass is 10.4. The lowest BCUT2D eigenvalue weighted by Gasteiger charge is -2.16. The van der Waals surface area contributed by atoms with Gasteiger partial charge in [-0.3, -0.25) is 0 Å². The van der Waals surface area contributed by atoms with Crippen molar-refractivity contribution in [1.29, 1.82) is 0 Å². The molecule has 1 aromatic heterocycles. The average molecular weight is 226 g/mol. The summed E-state index contributed by atoms with van der Waals surface area (Å²) < 4.78 is 5.01. The van der Waals surface area contributed by atoms with Crippen LogP contribution < -0.4 is 5.32 Å². The molecule has 0 saturated heterocycles. The lowest BCUT2D eigenvalue weighted by molar-refractivity contribution is 0.179. The number of methoxy groups -OCH3 is 1. The predicted molar refractivity (Wildman–Crippen MR) is 64.3 cm³/mol. The summed E-state index contributed by atoms with van der Waals surface area (Å²) in [6.07, 6.45) is 4.64. The third-order valence-electron chi connectivity index (χ3n) is 2.43. The second kappa shape index (κ2) is 8.27. The van der Waals surface area contributed by atoms with Gasteiger partial charge in [0.15, 0.2) is 0 Å². The van der Waals surface area contributed by atoms with Crippen LogP contribution in [0.2, 0.25) is 0 Å². The molecule has 0 fully saturated rings. The second-order valence-electron chi connectivity index (χ2n) is 3.90. The van der Waals surface area contributed by atoms with Crippen LogP contribution >= 0.6 is 0 Å². The van der Waals surface area contributed by atoms with E-state index in [4.69, 9.17) is 4.74 Å². The van der Waals surface area contributed by atoms with Gasteiger partial charge in [-0.05, 0) is 13.5 Å². The fourth-order valence-electron chi connectivity index (χ4n) is 1.46. The molecule has 1 rings (SSSR count). The summed E-state index contributed by atoms with van der Waals surface area (Å²) >= 11 is 0. The average Bonchev–Trinajstić information content (AvgIpc) is 2.78. The molecule has 5 nitrogen and oxygen atoms in total. The van der Waals surface area contributed by atoms with Crippen molar-refractivity contribution in [3.05, 3.63) is 18.2 Å². The SMILES string of the molecule is COCCCN(C)CCNCc1cnc[nH]1. The normalized spacial score (nSPS) is 11.2. The van der Waals surface area contributed by atoms with Crippen molar-refractivity contribution < 1.29 is 4.74 Å². The standard InChI is InChI=1S/C11H22N4O/c1-15(5-3-7-16-2)6-4-12-8-11-9-13-10-14-11/h9-10,12H,3-8H2,1-2H3,(H,13,14). The molecule has 0 aliphatic carbocycles. The third-order valence-corrected chi connectivity index (χ3v) is 2.43. The van der Waals surface area contributed by atoms with Gasteiger partial charge in [0.2, 0.25) is 0 Å². The largest absolute Gasteiger partial charge is 0.385 e. The van der Waals surface area contributed by atoms with Crippen LogP contribution in [0.1, 0.15) is 12.1 Å². The maximum atomic E-state index is 5.01. The molecular formula is C11H22N4O. The second-order valence-corrected chi connectivity index (χ2v) is 3.90. The molecule has 0 aromatic carbocycles. The zero-order valence-electron chi connectivity index (χ0n) is 10.2. The molecular weight excluding hydrogens is 204 g/mol. The molecule has 0 saturated carbocycles. The van der Waals surface area contributed by atoms with Gasteiger partial charge in [-0.25, -0.2) is 4.98 Å². The van der Waals surface area contributed by atoms with E-state index >= 15 is 0 Å². The molecule has 0 amide bonds. The number of aromatic amines is 1. The maximum Gasteiger partial charge on any atom is 0.0922 e. The van der Waals surface area contributed by atoms with Gasteiger partial charge in [-0.2, -0.15) is 0 Å². The van der Waals surface area contributed by atoms with Crippen LogP contribution in [0.3, 0.4) is 0 Å². The molecule has 0 aliphatic rings. The molecule has 92 valence electrons. The Labute approximate surface area is 97.2 Å². The predicted octanol–water partition coefficient (Wildman–Crippen LogP) is 0.468. The summed E-state index contributed by atoms with van der Waals surface area (Å²) in [7, 11) is 3.87. The number of H-pyrrole nitrogens is 1. The minimum atomic E-state index is 0.839. The molecule has 0 atom stereocenters. The van der Waals surface area contributed by atoms with Crippen LogP contribution in [0.25, 0.3) is 0 Å². The first-order chi connectivity index (χ1) is 7.83. The van der Waals surface area contributed by atoms with E-state index in [2.05, 4.69) is 27.2 Å². The first kappa shape index (κ1) is 13.2. The maximum absolute atomic E-state index is 5.01. The Morgan fingerprint density at radius 2 is 2.38 bits per heavy atom. The molecule has 1 heterocycles. The number of hydrogen-bond donors (Lipinski definition) is 2. The van der Waals surface area contributed by atoms with Gasteiger partial charge in [-0.1, -0.05) is 0 Å². The summed E-state index contributed by atoms with van der Waals surface area (Å²) in [6, 6.07) is 0. The smallest absolute Gasteiger partial charge is 0.0922 e. The van der Waals surface area contributed by atoms with Gasteiger partial charge >= 0.3 is 0 Å². The quantitative estimate of drug-likeness (QED) is 0.601. The Morgan fingerprint density at radius 3 is 3.06 bits per heavy atom. The Hall–Kier alpha value is -0.910. The number of hydrogen-bond acceptors (Lipinski definition) is 4. The number of nitrogens with zero attached hydrogens (tertiary/aromatic N) is 2. The summed E-state index contributed by atoms with van der Waals surface area (Å²) in [6.45, 7) is 4.82. The van der Waals surface area contributed by atoms with Gasteiger partial charge in [0.05, 0.1) is 6.33 Å². The molecule has 5 heteroatoms. The zero-order valence-corrected chi connectivity index (χ0v) is 10.2. The van der Waals surface area contributed by atoms with E-state index in [9.17, 15) is 0 Å². The van der Waals surface area contributed by atoms with E-state index in [0.29, 0.717) is 0 Å². The Bertz CT molecular complexity index is 250. The van der Waals surface area contributed by atoms with Crippen molar-refractivity contribution in [2.24, 2.45) is 0 Å². The number of likely N-dealkylation sites (N-methyl/N-ethyl adjacent to an activating group) is 1. The van der Waals surface area contributed by atoms with Crippen LogP contribution in [-0.2, 0) is 11.3 Å². The molecule has 1 aromatic rings. The van der Waals surface area contributed by atoms with Gasteiger partial charge in [0.1, 0.15) is 0 Å². The van der Waals surface area contributed by atoms with Crippen LogP contribution in [0.15, 0.2) is 12.5 Å². The molecule has 16 heavy (non-hydrogen) atoms. The van der Waals surface area contributed by atoms with E-state index < -0.39 is 0 Å². The molecule has 0 unspecified atom stereocenters. The highest BCUT2D eigenvalue weighted by atomic mass is 16.5. The fourth-order valence-corrected chi connectivity index (χ4v) is 1.46. The molecule has 2 N–H and O–H groups in total. The van der Waals surface area contributed by atoms with Gasteiger partial charge in [0, 0.05) is 51.8 Å². The van der Waals surface area contributed by atoms with E-state index in [1.54, 1.807) is 13.4 Å². The highest BCUT2D eigenvalue weighted by molar-refractivity contribution is 4.92. The van der Waals surface area contributed by atoms with Crippen molar-refractivity contribution >= 4 is 0 Å². The van der Waals surface area contributed by atoms with Gasteiger partial charge in [-0.15, -0.1) is 0 Å². The lowest BCUT2D eigenvalue weighted by Crippen LogP contribution is -2.30. The van der Waals surface area contributed by atoms with E-state index in [-0.39, 0.29) is 0 Å². The number of rotatable bonds is 9. The minimum Gasteiger partial charge on any atom is -0.385 e. The zero-order chi connectivity index (χ0) is 11.6. The summed E-state index contributed by atoms with van der Waals surface area (Å²) in [4.78, 5) is 9.33. The number of aromatic nitrogens is 2. The van der Waals surface area contributed by atoms with Gasteiger partial charge < -0.3 is 19.9 Å². The summed E-state index contributed by atoms with van der Waals surface area (Å²) in [5.74, 6) is 0. The van der Waals surface area contributed by atoms with Crippen LogP contribution in [0.5, 0.6) is 0 Å². The molecule has 0 aliphatic heterocycles. The summed E-state index contributed by atoms with van der Waals surface area (Å²) in [5.41, 5.74) is 1.13. The van der Waals surface area contributed by atoms with E-state index in [1.165, 1.54) is 0 Å². The fraction of sp³-hybridized carbons (Fsp3) is 0.727. The Kier molecular flexibility index (Phi) is 6.80. The van der Waals surface area contributed by atoms with Crippen LogP contribution in [0.4, 0.5) is 0 Å². The van der Waals surface area contributed by atoms with Crippen LogP contribution in [-0.4, -0.2) is 55.3 Å². The minimum absolute atomic E-state index is 0.839.